The molecule has 0 saturated carbocycles. The van der Waals surface area contributed by atoms with Gasteiger partial charge in [-0.2, -0.15) is 0 Å². The lowest BCUT2D eigenvalue weighted by Crippen LogP contribution is -2.58. The van der Waals surface area contributed by atoms with Crippen LogP contribution in [0.5, 0.6) is 5.75 Å². The zero-order valence-electron chi connectivity index (χ0n) is 30.0. The third-order valence-electron chi connectivity index (χ3n) is 9.34. The van der Waals surface area contributed by atoms with Crippen molar-refractivity contribution in [1.82, 2.24) is 30.7 Å². The molecule has 3 aromatic carbocycles. The van der Waals surface area contributed by atoms with E-state index in [-0.39, 0.29) is 49.3 Å². The Kier molecular flexibility index (Phi) is 10.9. The lowest BCUT2D eigenvalue weighted by molar-refractivity contribution is -0.144. The number of para-hydroxylation sites is 1. The highest BCUT2D eigenvalue weighted by Gasteiger charge is 2.44. The van der Waals surface area contributed by atoms with Crippen molar-refractivity contribution in [3.05, 3.63) is 101 Å². The molecule has 0 bridgehead atoms. The van der Waals surface area contributed by atoms with Gasteiger partial charge in [0.1, 0.15) is 17.8 Å². The average molecular weight is 734 g/mol. The molecule has 3 atom stereocenters. The van der Waals surface area contributed by atoms with Gasteiger partial charge in [0.25, 0.3) is 0 Å². The molecule has 0 aliphatic carbocycles. The van der Waals surface area contributed by atoms with E-state index < -0.39 is 29.5 Å². The van der Waals surface area contributed by atoms with E-state index in [4.69, 9.17) is 5.73 Å². The smallest absolute Gasteiger partial charge is 0.246 e. The molecule has 2 aromatic heterocycles. The van der Waals surface area contributed by atoms with Crippen LogP contribution in [-0.2, 0) is 27.3 Å². The number of aromatic hydroxyl groups is 1. The van der Waals surface area contributed by atoms with Gasteiger partial charge in [-0.3, -0.25) is 14.4 Å². The summed E-state index contributed by atoms with van der Waals surface area (Å²) in [5, 5.41) is 34.9. The van der Waals surface area contributed by atoms with Crippen LogP contribution in [-0.4, -0.2) is 72.7 Å². The Labute approximate surface area is 312 Å². The Bertz CT molecular complexity index is 2110. The fraction of sp³-hybridized carbons (Fsp3) is 0.300. The Morgan fingerprint density at radius 1 is 0.962 bits per heavy atom. The number of phenolic OH excluding ortho intramolecular Hbond substituents is 1. The minimum absolute atomic E-state index is 0.00124. The van der Waals surface area contributed by atoms with Crippen LogP contribution in [0.1, 0.15) is 44.0 Å². The fourth-order valence-electron chi connectivity index (χ4n) is 6.43. The number of aryl methyl sites for hydroxylation is 1. The molecule has 0 spiro atoms. The number of benzene rings is 3. The first-order chi connectivity index (χ1) is 25.3. The molecule has 1 aliphatic rings. The van der Waals surface area contributed by atoms with E-state index in [9.17, 15) is 24.6 Å². The summed E-state index contributed by atoms with van der Waals surface area (Å²) in [5.41, 5.74) is 13.3. The molecule has 3 amide bonds. The third-order valence-corrected chi connectivity index (χ3v) is 10.3. The fourth-order valence-corrected chi connectivity index (χ4v) is 7.25. The van der Waals surface area contributed by atoms with Crippen molar-refractivity contribution >= 4 is 34.9 Å². The Morgan fingerprint density at radius 2 is 1.64 bits per heavy atom. The normalized spacial score (nSPS) is 16.3. The number of nitrogen functional groups attached to an aromatic ring is 1. The number of nitrogens with zero attached hydrogens (tertiary/aromatic N) is 4. The van der Waals surface area contributed by atoms with Crippen LogP contribution in [0, 0.1) is 12.3 Å². The number of carbonyl (C=O) groups excluding carboxylic acids is 3. The minimum atomic E-state index is -0.951. The van der Waals surface area contributed by atoms with Crippen LogP contribution in [0.25, 0.3) is 32.8 Å². The number of amides is 3. The van der Waals surface area contributed by atoms with E-state index >= 15 is 0 Å². The summed E-state index contributed by atoms with van der Waals surface area (Å²) in [5.74, 6) is -0.865. The quantitative estimate of drug-likeness (QED) is 0.134. The summed E-state index contributed by atoms with van der Waals surface area (Å²) >= 11 is 1.57. The molecule has 1 saturated heterocycles. The first-order valence-electron chi connectivity index (χ1n) is 17.3. The van der Waals surface area contributed by atoms with E-state index in [1.807, 2.05) is 69.6 Å². The number of likely N-dealkylation sites (tertiary alicyclic amines) is 1. The first kappa shape index (κ1) is 37.1. The van der Waals surface area contributed by atoms with Gasteiger partial charge in [0.15, 0.2) is 5.82 Å². The number of nitrogens with two attached hydrogens (primary N) is 1. The molecule has 53 heavy (non-hydrogen) atoms. The number of rotatable bonds is 10. The van der Waals surface area contributed by atoms with Gasteiger partial charge in [-0.05, 0) is 52.8 Å². The molecule has 274 valence electrons. The van der Waals surface area contributed by atoms with Gasteiger partial charge in [-0.15, -0.1) is 21.5 Å². The van der Waals surface area contributed by atoms with Crippen molar-refractivity contribution in [2.24, 2.45) is 5.41 Å². The number of hydrogen-bond donors (Lipinski definition) is 5. The molecular weight excluding hydrogens is 691 g/mol. The zero-order chi connectivity index (χ0) is 37.9. The molecule has 3 heterocycles. The summed E-state index contributed by atoms with van der Waals surface area (Å²) in [6.07, 6.45) is -0.768. The maximum absolute atomic E-state index is 14.1. The van der Waals surface area contributed by atoms with E-state index in [2.05, 4.69) is 25.8 Å². The summed E-state index contributed by atoms with van der Waals surface area (Å²) in [4.78, 5) is 47.7. The van der Waals surface area contributed by atoms with E-state index in [1.54, 1.807) is 53.8 Å². The van der Waals surface area contributed by atoms with Gasteiger partial charge in [0, 0.05) is 30.6 Å². The molecule has 5 aromatic rings. The summed E-state index contributed by atoms with van der Waals surface area (Å²) in [6.45, 7) is 7.76. The van der Waals surface area contributed by atoms with Gasteiger partial charge in [-0.25, -0.2) is 4.98 Å². The molecule has 1 aliphatic heterocycles. The summed E-state index contributed by atoms with van der Waals surface area (Å²) in [7, 11) is 0. The highest BCUT2D eigenvalue weighted by Crippen LogP contribution is 2.33. The number of β-amino-alcohol motifs (C(OH)–C–C–N with tert-alkyl or cyclic N) is 1. The van der Waals surface area contributed by atoms with Crippen LogP contribution in [0.15, 0.2) is 84.4 Å². The standard InChI is InChI=1S/C40H43N7O5S/c1-23-35(53-22-43-23)27-15-11-25(12-16-27)20-42-38(51)32-18-28(48)21-47(32)39(52)36(40(2,3)4)44-34(50)17-24-9-13-26(14-10-24)30-19-31(45-46-37(30)41)29-7-5-6-8-33(29)49/h5-16,19,22,28,32,36,48-49H,17-18,20-21H2,1-4H3,(H2,41,46)(H,42,51)(H,44,50)/t28-,32+,36-/m1/s1. The molecule has 0 radical (unpaired) electrons. The highest BCUT2D eigenvalue weighted by atomic mass is 32.1. The van der Waals surface area contributed by atoms with Crippen molar-refractivity contribution < 1.29 is 24.6 Å². The lowest BCUT2D eigenvalue weighted by atomic mass is 9.85. The number of anilines is 1. The lowest BCUT2D eigenvalue weighted by Gasteiger charge is -2.35. The number of thiazole rings is 1. The third kappa shape index (κ3) is 8.53. The van der Waals surface area contributed by atoms with E-state index in [0.29, 0.717) is 22.4 Å². The SMILES string of the molecule is Cc1ncsc1-c1ccc(CNC(=O)[C@@H]2C[C@@H](O)CN2C(=O)[C@@H](NC(=O)Cc2ccc(-c3cc(-c4ccccc4O)nnc3N)cc2)C(C)(C)C)cc1. The highest BCUT2D eigenvalue weighted by molar-refractivity contribution is 7.13. The number of aliphatic hydroxyl groups excluding tert-OH is 1. The van der Waals surface area contributed by atoms with E-state index in [0.717, 1.165) is 27.3 Å². The molecule has 1 fully saturated rings. The second-order valence-corrected chi connectivity index (χ2v) is 15.2. The molecular formula is C40H43N7O5S. The predicted octanol–water partition coefficient (Wildman–Crippen LogP) is 4.88. The number of aliphatic hydroxyl groups is 1. The first-order valence-corrected chi connectivity index (χ1v) is 18.2. The van der Waals surface area contributed by atoms with Gasteiger partial charge >= 0.3 is 0 Å². The Morgan fingerprint density at radius 3 is 2.30 bits per heavy atom. The van der Waals surface area contributed by atoms with Gasteiger partial charge in [0.05, 0.1) is 34.3 Å². The number of hydrogen-bond acceptors (Lipinski definition) is 10. The number of carbonyl (C=O) groups is 3. The number of nitrogens with one attached hydrogen (secondary N) is 2. The Balaban J connectivity index is 1.09. The second-order valence-electron chi connectivity index (χ2n) is 14.4. The monoisotopic (exact) mass is 733 g/mol. The van der Waals surface area contributed by atoms with Crippen molar-refractivity contribution in [3.8, 4) is 38.6 Å². The van der Waals surface area contributed by atoms with Gasteiger partial charge < -0.3 is 31.5 Å². The number of phenols is 1. The number of aromatic nitrogens is 3. The molecule has 12 nitrogen and oxygen atoms in total. The predicted molar refractivity (Wildman–Crippen MR) is 204 cm³/mol. The summed E-state index contributed by atoms with van der Waals surface area (Å²) < 4.78 is 0. The molecule has 6 rings (SSSR count). The maximum atomic E-state index is 14.1. The van der Waals surface area contributed by atoms with Gasteiger partial charge in [0.2, 0.25) is 17.7 Å². The molecule has 6 N–H and O–H groups in total. The minimum Gasteiger partial charge on any atom is -0.507 e. The van der Waals surface area contributed by atoms with Crippen LogP contribution in [0.4, 0.5) is 5.82 Å². The Hall–Kier alpha value is -5.66. The van der Waals surface area contributed by atoms with Crippen LogP contribution >= 0.6 is 11.3 Å². The van der Waals surface area contributed by atoms with Crippen molar-refractivity contribution in [3.63, 3.8) is 0 Å². The maximum Gasteiger partial charge on any atom is 0.246 e. The molecule has 13 heteroatoms. The second kappa shape index (κ2) is 15.5. The van der Waals surface area contributed by atoms with Crippen LogP contribution < -0.4 is 16.4 Å². The van der Waals surface area contributed by atoms with Crippen LogP contribution in [0.3, 0.4) is 0 Å². The van der Waals surface area contributed by atoms with Crippen molar-refractivity contribution in [1.29, 1.82) is 0 Å². The van der Waals surface area contributed by atoms with Gasteiger partial charge in [-0.1, -0.05) is 81.4 Å². The van der Waals surface area contributed by atoms with Crippen molar-refractivity contribution in [2.75, 3.05) is 12.3 Å². The topological polar surface area (TPSA) is 184 Å². The largest absolute Gasteiger partial charge is 0.507 e. The summed E-state index contributed by atoms with van der Waals surface area (Å²) in [6, 6.07) is 21.9. The van der Waals surface area contributed by atoms with Crippen LogP contribution in [0.2, 0.25) is 0 Å². The average Bonchev–Trinajstić information content (AvgIpc) is 3.75. The van der Waals surface area contributed by atoms with Crippen molar-refractivity contribution in [2.45, 2.75) is 65.3 Å². The molecule has 0 unspecified atom stereocenters. The zero-order valence-corrected chi connectivity index (χ0v) is 30.9. The van der Waals surface area contributed by atoms with E-state index in [1.165, 1.54) is 4.90 Å².